The molecule has 0 amide bonds. The lowest BCUT2D eigenvalue weighted by atomic mass is 10.3. The maximum Gasteiger partial charge on any atom is 0.285 e. The molecule has 26 heavy (non-hydrogen) atoms. The minimum absolute atomic E-state index is 0.110. The van der Waals surface area contributed by atoms with Crippen LogP contribution in [0.2, 0.25) is 0 Å². The van der Waals surface area contributed by atoms with Gasteiger partial charge in [-0.1, -0.05) is 17.4 Å². The molecule has 8 heteroatoms. The molecule has 136 valence electrons. The van der Waals surface area contributed by atoms with Crippen LogP contribution in [-0.2, 0) is 16.6 Å². The second-order valence-electron chi connectivity index (χ2n) is 5.36. The highest BCUT2D eigenvalue weighted by atomic mass is 32.2. The van der Waals surface area contributed by atoms with Crippen molar-refractivity contribution < 1.29 is 17.9 Å². The molecule has 0 fully saturated rings. The Morgan fingerprint density at radius 1 is 1.12 bits per heavy atom. The van der Waals surface area contributed by atoms with Crippen LogP contribution < -0.4 is 14.3 Å². The summed E-state index contributed by atoms with van der Waals surface area (Å²) in [4.78, 5) is 0.488. The topological polar surface area (TPSA) is 69.9 Å². The Labute approximate surface area is 155 Å². The minimum atomic E-state index is -3.85. The van der Waals surface area contributed by atoms with Crippen molar-refractivity contribution in [3.63, 3.8) is 0 Å². The van der Waals surface area contributed by atoms with Crippen molar-refractivity contribution in [2.75, 3.05) is 14.2 Å². The molecule has 6 nitrogen and oxygen atoms in total. The predicted molar refractivity (Wildman–Crippen MR) is 102 cm³/mol. The highest BCUT2D eigenvalue weighted by molar-refractivity contribution is 7.90. The van der Waals surface area contributed by atoms with E-state index in [-0.39, 0.29) is 4.90 Å². The zero-order valence-electron chi connectivity index (χ0n) is 14.4. The van der Waals surface area contributed by atoms with Crippen LogP contribution in [-0.4, -0.2) is 27.2 Å². The van der Waals surface area contributed by atoms with Crippen LogP contribution in [0.4, 0.5) is 0 Å². The Morgan fingerprint density at radius 2 is 1.77 bits per heavy atom. The Balaban J connectivity index is 2.17. The summed E-state index contributed by atoms with van der Waals surface area (Å²) in [6.45, 7) is 4.19. The number of ether oxygens (including phenoxy) is 2. The van der Waals surface area contributed by atoms with Crippen molar-refractivity contribution in [3.05, 3.63) is 59.9 Å². The van der Waals surface area contributed by atoms with Crippen molar-refractivity contribution in [1.82, 2.24) is 4.57 Å². The van der Waals surface area contributed by atoms with E-state index in [1.54, 1.807) is 25.3 Å². The number of allylic oxidation sites excluding steroid dienone is 1. The van der Waals surface area contributed by atoms with Crippen LogP contribution in [0.15, 0.2) is 64.4 Å². The average molecular weight is 390 g/mol. The quantitative estimate of drug-likeness (QED) is 0.606. The van der Waals surface area contributed by atoms with E-state index in [1.165, 1.54) is 30.6 Å². The fourth-order valence-corrected chi connectivity index (χ4v) is 4.73. The first-order chi connectivity index (χ1) is 12.5. The summed E-state index contributed by atoms with van der Waals surface area (Å²) in [5.41, 5.74) is 0.874. The molecule has 0 N–H and O–H groups in total. The van der Waals surface area contributed by atoms with Gasteiger partial charge in [0.05, 0.1) is 29.3 Å². The van der Waals surface area contributed by atoms with Gasteiger partial charge in [0.25, 0.3) is 10.0 Å². The first-order valence-electron chi connectivity index (χ1n) is 7.72. The first-order valence-corrected chi connectivity index (χ1v) is 9.97. The molecule has 0 atom stereocenters. The number of rotatable bonds is 6. The van der Waals surface area contributed by atoms with Crippen LogP contribution in [0, 0.1) is 0 Å². The number of fused-ring (bicyclic) bond motifs is 1. The molecular weight excluding hydrogens is 372 g/mol. The van der Waals surface area contributed by atoms with Gasteiger partial charge < -0.3 is 14.0 Å². The number of aromatic nitrogens is 1. The van der Waals surface area contributed by atoms with Gasteiger partial charge in [-0.2, -0.15) is 8.42 Å². The summed E-state index contributed by atoms with van der Waals surface area (Å²) in [6, 6.07) is 11.7. The van der Waals surface area contributed by atoms with Gasteiger partial charge in [0.1, 0.15) is 11.5 Å². The molecule has 2 aromatic carbocycles. The summed E-state index contributed by atoms with van der Waals surface area (Å²) < 4.78 is 42.4. The van der Waals surface area contributed by atoms with Gasteiger partial charge in [-0.05, 0) is 42.5 Å². The van der Waals surface area contributed by atoms with Crippen molar-refractivity contribution in [2.24, 2.45) is 4.40 Å². The summed E-state index contributed by atoms with van der Waals surface area (Å²) in [6.07, 6.45) is 1.70. The number of hydrogen-bond donors (Lipinski definition) is 0. The van der Waals surface area contributed by atoms with Gasteiger partial charge >= 0.3 is 0 Å². The van der Waals surface area contributed by atoms with Crippen molar-refractivity contribution in [3.8, 4) is 11.5 Å². The fraction of sp³-hybridized carbons (Fsp3) is 0.167. The Bertz CT molecular complexity index is 1110. The van der Waals surface area contributed by atoms with Gasteiger partial charge in [0, 0.05) is 6.54 Å². The summed E-state index contributed by atoms with van der Waals surface area (Å²) >= 11 is 1.29. The minimum Gasteiger partial charge on any atom is -0.497 e. The molecule has 0 aliphatic heterocycles. The lowest BCUT2D eigenvalue weighted by Crippen LogP contribution is -2.16. The molecule has 0 aliphatic rings. The average Bonchev–Trinajstić information content (AvgIpc) is 2.97. The fourth-order valence-electron chi connectivity index (χ4n) is 2.46. The van der Waals surface area contributed by atoms with Crippen LogP contribution in [0.1, 0.15) is 0 Å². The second kappa shape index (κ2) is 7.35. The normalized spacial score (nSPS) is 12.3. The standard InChI is InChI=1S/C18H18N2O4S2/c1-4-11-20-16-10-7-14(24-3)12-17(16)25-18(20)19-26(21,22)15-8-5-13(23-2)6-9-15/h4-10,12H,1,11H2,2-3H3. The summed E-state index contributed by atoms with van der Waals surface area (Å²) in [7, 11) is -0.734. The van der Waals surface area contributed by atoms with E-state index in [0.717, 1.165) is 10.2 Å². The number of methoxy groups -OCH3 is 2. The van der Waals surface area contributed by atoms with E-state index in [4.69, 9.17) is 9.47 Å². The van der Waals surface area contributed by atoms with E-state index in [2.05, 4.69) is 11.0 Å². The third kappa shape index (κ3) is 3.51. The largest absolute Gasteiger partial charge is 0.497 e. The Kier molecular flexibility index (Phi) is 5.15. The number of hydrogen-bond acceptors (Lipinski definition) is 5. The predicted octanol–water partition coefficient (Wildman–Crippen LogP) is 3.20. The van der Waals surface area contributed by atoms with Gasteiger partial charge in [0.15, 0.2) is 0 Å². The maximum absolute atomic E-state index is 12.7. The number of benzene rings is 2. The van der Waals surface area contributed by atoms with Crippen molar-refractivity contribution in [2.45, 2.75) is 11.4 Å². The molecule has 0 saturated heterocycles. The molecule has 0 spiro atoms. The molecular formula is C18H18N2O4S2. The summed E-state index contributed by atoms with van der Waals surface area (Å²) in [5, 5.41) is 0. The highest BCUT2D eigenvalue weighted by Crippen LogP contribution is 2.24. The smallest absolute Gasteiger partial charge is 0.285 e. The zero-order chi connectivity index (χ0) is 18.7. The van der Waals surface area contributed by atoms with E-state index in [1.807, 2.05) is 22.8 Å². The van der Waals surface area contributed by atoms with Crippen molar-refractivity contribution in [1.29, 1.82) is 0 Å². The molecule has 3 rings (SSSR count). The highest BCUT2D eigenvalue weighted by Gasteiger charge is 2.15. The molecule has 0 bridgehead atoms. The molecule has 1 aromatic heterocycles. The van der Waals surface area contributed by atoms with E-state index in [9.17, 15) is 8.42 Å². The van der Waals surface area contributed by atoms with Gasteiger partial charge in [0.2, 0.25) is 4.80 Å². The zero-order valence-corrected chi connectivity index (χ0v) is 16.0. The SMILES string of the molecule is C=CCn1c(=NS(=O)(=O)c2ccc(OC)cc2)sc2cc(OC)ccc21. The van der Waals surface area contributed by atoms with Gasteiger partial charge in [-0.25, -0.2) is 0 Å². The molecule has 0 unspecified atom stereocenters. The molecule has 0 radical (unpaired) electrons. The summed E-state index contributed by atoms with van der Waals surface area (Å²) in [5.74, 6) is 1.29. The second-order valence-corrected chi connectivity index (χ2v) is 7.97. The van der Waals surface area contributed by atoms with Gasteiger partial charge in [-0.3, -0.25) is 0 Å². The van der Waals surface area contributed by atoms with E-state index in [0.29, 0.717) is 22.8 Å². The van der Waals surface area contributed by atoms with Crippen LogP contribution in [0.25, 0.3) is 10.2 Å². The van der Waals surface area contributed by atoms with Crippen LogP contribution in [0.5, 0.6) is 11.5 Å². The van der Waals surface area contributed by atoms with Crippen molar-refractivity contribution >= 4 is 31.6 Å². The third-order valence-corrected chi connectivity index (χ3v) is 6.20. The lowest BCUT2D eigenvalue weighted by Gasteiger charge is -2.03. The molecule has 0 saturated carbocycles. The molecule has 1 heterocycles. The van der Waals surface area contributed by atoms with Crippen LogP contribution in [0.3, 0.4) is 0 Å². The first kappa shape index (κ1) is 18.2. The molecule has 3 aromatic rings. The monoisotopic (exact) mass is 390 g/mol. The Hall–Kier alpha value is -2.58. The number of thiazole rings is 1. The number of sulfonamides is 1. The lowest BCUT2D eigenvalue weighted by molar-refractivity contribution is 0.414. The van der Waals surface area contributed by atoms with Gasteiger partial charge in [-0.15, -0.1) is 11.0 Å². The Morgan fingerprint density at radius 3 is 2.38 bits per heavy atom. The number of nitrogens with zero attached hydrogens (tertiary/aromatic N) is 2. The van der Waals surface area contributed by atoms with E-state index >= 15 is 0 Å². The third-order valence-electron chi connectivity index (χ3n) is 3.76. The van der Waals surface area contributed by atoms with E-state index < -0.39 is 10.0 Å². The van der Waals surface area contributed by atoms with Crippen LogP contribution >= 0.6 is 11.3 Å². The molecule has 0 aliphatic carbocycles. The maximum atomic E-state index is 12.7.